The predicted molar refractivity (Wildman–Crippen MR) is 122 cm³/mol. The molecule has 0 bridgehead atoms. The summed E-state index contributed by atoms with van der Waals surface area (Å²) in [7, 11) is 0. The van der Waals surface area contributed by atoms with Gasteiger partial charge in [-0.1, -0.05) is 36.0 Å². The third-order valence-electron chi connectivity index (χ3n) is 5.88. The summed E-state index contributed by atoms with van der Waals surface area (Å²) < 4.78 is 13.4. The van der Waals surface area contributed by atoms with Gasteiger partial charge in [-0.05, 0) is 50.2 Å². The Bertz CT molecular complexity index is 996. The highest BCUT2D eigenvalue weighted by molar-refractivity contribution is 7.82. The van der Waals surface area contributed by atoms with Crippen molar-refractivity contribution in [1.29, 1.82) is 0 Å². The molecule has 1 spiro atoms. The summed E-state index contributed by atoms with van der Waals surface area (Å²) in [5.74, 6) is -0.626. The molecule has 1 amide bonds. The molecular formula is C23H23ClFN3OS. The van der Waals surface area contributed by atoms with Crippen molar-refractivity contribution in [1.82, 2.24) is 9.80 Å². The molecule has 2 aliphatic rings. The van der Waals surface area contributed by atoms with Crippen LogP contribution in [-0.4, -0.2) is 51.2 Å². The van der Waals surface area contributed by atoms with Crippen molar-refractivity contribution in [3.8, 4) is 0 Å². The van der Waals surface area contributed by atoms with Crippen LogP contribution in [0, 0.1) is 5.82 Å². The highest BCUT2D eigenvalue weighted by atomic mass is 35.5. The number of carbonyl (C=O) groups is 1. The Kier molecular flexibility index (Phi) is 5.75. The SMILES string of the molecule is CC(C)N1CCC2(CC1)N=C(c1ccc(Cl)cc1)C(=S)N2C(=O)c1ccc(F)cc1. The van der Waals surface area contributed by atoms with E-state index in [1.807, 2.05) is 12.1 Å². The first-order chi connectivity index (χ1) is 14.3. The van der Waals surface area contributed by atoms with Crippen LogP contribution >= 0.6 is 23.8 Å². The summed E-state index contributed by atoms with van der Waals surface area (Å²) in [5, 5.41) is 0.627. The van der Waals surface area contributed by atoms with E-state index in [-0.39, 0.29) is 11.7 Å². The molecule has 1 fully saturated rings. The predicted octanol–water partition coefficient (Wildman–Crippen LogP) is 4.95. The van der Waals surface area contributed by atoms with Crippen LogP contribution in [0.4, 0.5) is 4.39 Å². The fraction of sp³-hybridized carbons (Fsp3) is 0.348. The van der Waals surface area contributed by atoms with Crippen LogP contribution in [0.3, 0.4) is 0 Å². The minimum Gasteiger partial charge on any atom is -0.301 e. The topological polar surface area (TPSA) is 35.9 Å². The van der Waals surface area contributed by atoms with Gasteiger partial charge in [0.15, 0.2) is 0 Å². The van der Waals surface area contributed by atoms with Gasteiger partial charge in [0.1, 0.15) is 22.2 Å². The van der Waals surface area contributed by atoms with E-state index in [0.717, 1.165) is 18.7 Å². The maximum Gasteiger partial charge on any atom is 0.260 e. The summed E-state index contributed by atoms with van der Waals surface area (Å²) in [6.07, 6.45) is 1.38. The van der Waals surface area contributed by atoms with Crippen LogP contribution in [-0.2, 0) is 0 Å². The van der Waals surface area contributed by atoms with Crippen molar-refractivity contribution < 1.29 is 9.18 Å². The lowest BCUT2D eigenvalue weighted by molar-refractivity contribution is 0.0482. The number of benzene rings is 2. The first kappa shape index (κ1) is 21.1. The number of nitrogens with zero attached hydrogens (tertiary/aromatic N) is 3. The third-order valence-corrected chi connectivity index (χ3v) is 6.51. The monoisotopic (exact) mass is 443 g/mol. The average molecular weight is 444 g/mol. The molecule has 4 rings (SSSR count). The summed E-state index contributed by atoms with van der Waals surface area (Å²) in [6.45, 7) is 5.98. The maximum atomic E-state index is 13.5. The second-order valence-electron chi connectivity index (χ2n) is 8.03. The summed E-state index contributed by atoms with van der Waals surface area (Å²) >= 11 is 11.8. The van der Waals surface area contributed by atoms with E-state index in [2.05, 4.69) is 18.7 Å². The van der Waals surface area contributed by atoms with Crippen molar-refractivity contribution >= 4 is 40.4 Å². The molecule has 0 unspecified atom stereocenters. The number of rotatable bonds is 3. The molecular weight excluding hydrogens is 421 g/mol. The molecule has 2 aromatic rings. The molecule has 0 radical (unpaired) electrons. The molecule has 0 saturated carbocycles. The Morgan fingerprint density at radius 3 is 2.27 bits per heavy atom. The molecule has 156 valence electrons. The van der Waals surface area contributed by atoms with E-state index in [0.29, 0.717) is 40.2 Å². The lowest BCUT2D eigenvalue weighted by atomic mass is 9.94. The Balaban J connectivity index is 1.73. The molecule has 0 N–H and O–H groups in total. The molecule has 2 aliphatic heterocycles. The van der Waals surface area contributed by atoms with Gasteiger partial charge < -0.3 is 4.90 Å². The van der Waals surface area contributed by atoms with Crippen LogP contribution in [0.15, 0.2) is 53.5 Å². The normalized spacial score (nSPS) is 18.9. The molecule has 2 aromatic carbocycles. The fourth-order valence-electron chi connectivity index (χ4n) is 4.13. The minimum atomic E-state index is -0.719. The van der Waals surface area contributed by atoms with Gasteiger partial charge in [0.05, 0.1) is 0 Å². The summed E-state index contributed by atoms with van der Waals surface area (Å²) in [5.41, 5.74) is 1.15. The van der Waals surface area contributed by atoms with Crippen molar-refractivity contribution in [2.24, 2.45) is 4.99 Å². The molecule has 30 heavy (non-hydrogen) atoms. The van der Waals surface area contributed by atoms with Crippen molar-refractivity contribution in [3.05, 3.63) is 70.5 Å². The number of carbonyl (C=O) groups excluding carboxylic acids is 1. The molecule has 0 aliphatic carbocycles. The fourth-order valence-corrected chi connectivity index (χ4v) is 4.68. The van der Waals surface area contributed by atoms with Gasteiger partial charge in [-0.15, -0.1) is 0 Å². The highest BCUT2D eigenvalue weighted by Gasteiger charge is 2.50. The molecule has 4 nitrogen and oxygen atoms in total. The highest BCUT2D eigenvalue weighted by Crippen LogP contribution is 2.38. The molecule has 2 heterocycles. The molecule has 0 atom stereocenters. The standard InChI is InChI=1S/C23H23ClFN3OS/c1-15(2)27-13-11-23(12-14-27)26-20(16-3-7-18(24)8-4-16)22(30)28(23)21(29)17-5-9-19(25)10-6-17/h3-10,15H,11-14H2,1-2H3. The zero-order valence-corrected chi connectivity index (χ0v) is 18.5. The molecule has 7 heteroatoms. The number of aliphatic imine (C=N–C) groups is 1. The van der Waals surface area contributed by atoms with E-state index in [1.165, 1.54) is 24.3 Å². The number of amides is 1. The minimum absolute atomic E-state index is 0.245. The summed E-state index contributed by atoms with van der Waals surface area (Å²) in [4.78, 5) is 23.0. The number of halogens is 2. The first-order valence-corrected chi connectivity index (χ1v) is 10.8. The van der Waals surface area contributed by atoms with Gasteiger partial charge in [-0.2, -0.15) is 0 Å². The quantitative estimate of drug-likeness (QED) is 0.629. The number of thiocarbonyl (C=S) groups is 1. The Morgan fingerprint density at radius 2 is 1.70 bits per heavy atom. The van der Waals surface area contributed by atoms with Gasteiger partial charge in [-0.3, -0.25) is 14.7 Å². The maximum absolute atomic E-state index is 13.5. The molecule has 1 saturated heterocycles. The lowest BCUT2D eigenvalue weighted by Crippen LogP contribution is -2.56. The van der Waals surface area contributed by atoms with E-state index in [4.69, 9.17) is 28.8 Å². The van der Waals surface area contributed by atoms with E-state index in [1.54, 1.807) is 17.0 Å². The second-order valence-corrected chi connectivity index (χ2v) is 8.86. The average Bonchev–Trinajstić information content (AvgIpc) is 3.00. The number of piperidine rings is 1. The Labute approximate surface area is 186 Å². The van der Waals surface area contributed by atoms with E-state index in [9.17, 15) is 9.18 Å². The lowest BCUT2D eigenvalue weighted by Gasteiger charge is -2.43. The van der Waals surface area contributed by atoms with Gasteiger partial charge >= 0.3 is 0 Å². The van der Waals surface area contributed by atoms with E-state index < -0.39 is 5.66 Å². The Hall–Kier alpha value is -2.15. The van der Waals surface area contributed by atoms with Crippen LogP contribution in [0.5, 0.6) is 0 Å². The summed E-state index contributed by atoms with van der Waals surface area (Å²) in [6, 6.07) is 13.3. The Morgan fingerprint density at radius 1 is 1.10 bits per heavy atom. The zero-order chi connectivity index (χ0) is 21.5. The smallest absolute Gasteiger partial charge is 0.260 e. The van der Waals surface area contributed by atoms with Crippen molar-refractivity contribution in [3.63, 3.8) is 0 Å². The van der Waals surface area contributed by atoms with Crippen LogP contribution in [0.2, 0.25) is 5.02 Å². The van der Waals surface area contributed by atoms with Gasteiger partial charge in [0.2, 0.25) is 0 Å². The zero-order valence-electron chi connectivity index (χ0n) is 16.9. The van der Waals surface area contributed by atoms with Crippen molar-refractivity contribution in [2.45, 2.75) is 38.4 Å². The largest absolute Gasteiger partial charge is 0.301 e. The number of hydrogen-bond donors (Lipinski definition) is 0. The van der Waals surface area contributed by atoms with Crippen LogP contribution < -0.4 is 0 Å². The van der Waals surface area contributed by atoms with Gasteiger partial charge in [-0.25, -0.2) is 4.39 Å². The first-order valence-electron chi connectivity index (χ1n) is 10.0. The number of likely N-dealkylation sites (tertiary alicyclic amines) is 1. The van der Waals surface area contributed by atoms with Gasteiger partial charge in [0.25, 0.3) is 5.91 Å². The van der Waals surface area contributed by atoms with Crippen LogP contribution in [0.25, 0.3) is 0 Å². The molecule has 0 aromatic heterocycles. The van der Waals surface area contributed by atoms with Crippen molar-refractivity contribution in [2.75, 3.05) is 13.1 Å². The van der Waals surface area contributed by atoms with E-state index >= 15 is 0 Å². The number of hydrogen-bond acceptors (Lipinski definition) is 4. The second kappa shape index (κ2) is 8.17. The van der Waals surface area contributed by atoms with Crippen LogP contribution in [0.1, 0.15) is 42.6 Å². The van der Waals surface area contributed by atoms with Gasteiger partial charge in [0, 0.05) is 48.1 Å². The third kappa shape index (κ3) is 3.80.